The smallest absolute Gasteiger partial charge is 0.255 e. The number of carbonyl (C=O) groups is 1. The van der Waals surface area contributed by atoms with Gasteiger partial charge in [0.05, 0.1) is 11.3 Å². The monoisotopic (exact) mass is 299 g/mol. The lowest BCUT2D eigenvalue weighted by Gasteiger charge is -2.23. The molecule has 0 aliphatic heterocycles. The van der Waals surface area contributed by atoms with Gasteiger partial charge in [0.25, 0.3) is 5.91 Å². The average Bonchev–Trinajstić information content (AvgIpc) is 2.88. The molecule has 0 saturated carbocycles. The Morgan fingerprint density at radius 2 is 2.32 bits per heavy atom. The maximum absolute atomic E-state index is 12.4. The van der Waals surface area contributed by atoms with Gasteiger partial charge in [-0.25, -0.2) is 0 Å². The molecule has 1 atom stereocenters. The number of fused-ring (bicyclic) bond motifs is 1. The fraction of sp³-hybridized carbons (Fsp3) is 0.412. The van der Waals surface area contributed by atoms with Crippen molar-refractivity contribution in [1.82, 2.24) is 15.5 Å². The van der Waals surface area contributed by atoms with E-state index >= 15 is 0 Å². The third kappa shape index (κ3) is 2.71. The molecule has 116 valence electrons. The summed E-state index contributed by atoms with van der Waals surface area (Å²) in [6.45, 7) is 4.05. The summed E-state index contributed by atoms with van der Waals surface area (Å²) in [5, 5.41) is 20.2. The number of nitrogens with zero attached hydrogens (tertiary/aromatic N) is 1. The van der Waals surface area contributed by atoms with E-state index < -0.39 is 0 Å². The second-order valence-electron chi connectivity index (χ2n) is 5.89. The third-order valence-corrected chi connectivity index (χ3v) is 4.39. The third-order valence-electron chi connectivity index (χ3n) is 4.39. The van der Waals surface area contributed by atoms with Crippen molar-refractivity contribution in [2.75, 3.05) is 0 Å². The van der Waals surface area contributed by atoms with Gasteiger partial charge in [0, 0.05) is 18.2 Å². The SMILES string of the molecule is CCc1ccc(O)c(C(=O)NC2CCc3c(n[nH]c3C)C2)c1. The number of rotatable bonds is 3. The van der Waals surface area contributed by atoms with E-state index in [0.29, 0.717) is 5.56 Å². The minimum absolute atomic E-state index is 0.0295. The molecule has 0 spiro atoms. The number of amides is 1. The van der Waals surface area contributed by atoms with Gasteiger partial charge in [-0.15, -0.1) is 0 Å². The van der Waals surface area contributed by atoms with Crippen LogP contribution in [-0.2, 0) is 19.3 Å². The van der Waals surface area contributed by atoms with Crippen LogP contribution in [0.1, 0.15) is 46.2 Å². The second kappa shape index (κ2) is 5.83. The van der Waals surface area contributed by atoms with E-state index in [4.69, 9.17) is 0 Å². The molecule has 1 aromatic carbocycles. The molecular weight excluding hydrogens is 278 g/mol. The van der Waals surface area contributed by atoms with Gasteiger partial charge in [-0.2, -0.15) is 5.10 Å². The van der Waals surface area contributed by atoms with E-state index in [2.05, 4.69) is 15.5 Å². The number of phenolic OH excluding ortho intramolecular Hbond substituents is 1. The van der Waals surface area contributed by atoms with Crippen molar-refractivity contribution >= 4 is 5.91 Å². The van der Waals surface area contributed by atoms with Gasteiger partial charge in [0.1, 0.15) is 5.75 Å². The summed E-state index contributed by atoms with van der Waals surface area (Å²) >= 11 is 0. The van der Waals surface area contributed by atoms with Crippen LogP contribution in [0.2, 0.25) is 0 Å². The van der Waals surface area contributed by atoms with Gasteiger partial charge < -0.3 is 10.4 Å². The molecule has 1 aliphatic rings. The highest BCUT2D eigenvalue weighted by Gasteiger charge is 2.24. The molecule has 1 unspecified atom stereocenters. The number of H-pyrrole nitrogens is 1. The summed E-state index contributed by atoms with van der Waals surface area (Å²) in [5.41, 5.74) is 4.83. The van der Waals surface area contributed by atoms with Gasteiger partial charge in [0.15, 0.2) is 0 Å². The number of benzene rings is 1. The molecule has 5 heteroatoms. The predicted molar refractivity (Wildman–Crippen MR) is 84.1 cm³/mol. The summed E-state index contributed by atoms with van der Waals surface area (Å²) in [5.74, 6) is -0.185. The zero-order valence-electron chi connectivity index (χ0n) is 12.9. The largest absolute Gasteiger partial charge is 0.507 e. The van der Waals surface area contributed by atoms with Crippen LogP contribution in [0.3, 0.4) is 0 Å². The molecule has 22 heavy (non-hydrogen) atoms. The zero-order chi connectivity index (χ0) is 15.7. The lowest BCUT2D eigenvalue weighted by molar-refractivity contribution is 0.0930. The van der Waals surface area contributed by atoms with E-state index in [1.165, 1.54) is 5.56 Å². The Hall–Kier alpha value is -2.30. The average molecular weight is 299 g/mol. The van der Waals surface area contributed by atoms with Gasteiger partial charge in [0.2, 0.25) is 0 Å². The molecular formula is C17H21N3O2. The Morgan fingerprint density at radius 3 is 3.09 bits per heavy atom. The standard InChI is InChI=1S/C17H21N3O2/c1-3-11-4-7-16(21)14(8-11)17(22)18-12-5-6-13-10(2)19-20-15(13)9-12/h4,7-8,12,21H,3,5-6,9H2,1-2H3,(H,18,22)(H,19,20). The maximum Gasteiger partial charge on any atom is 0.255 e. The lowest BCUT2D eigenvalue weighted by Crippen LogP contribution is -2.39. The topological polar surface area (TPSA) is 78.0 Å². The number of hydrogen-bond acceptors (Lipinski definition) is 3. The van der Waals surface area contributed by atoms with Crippen LogP contribution in [0, 0.1) is 6.92 Å². The van der Waals surface area contributed by atoms with Crippen molar-refractivity contribution in [2.24, 2.45) is 0 Å². The molecule has 0 bridgehead atoms. The van der Waals surface area contributed by atoms with E-state index in [9.17, 15) is 9.90 Å². The Kier molecular flexibility index (Phi) is 3.88. The summed E-state index contributed by atoms with van der Waals surface area (Å²) in [6, 6.07) is 5.25. The number of aromatic nitrogens is 2. The molecule has 5 nitrogen and oxygen atoms in total. The first-order valence-corrected chi connectivity index (χ1v) is 7.74. The highest BCUT2D eigenvalue weighted by Crippen LogP contribution is 2.23. The Morgan fingerprint density at radius 1 is 1.50 bits per heavy atom. The number of aromatic amines is 1. The zero-order valence-corrected chi connectivity index (χ0v) is 12.9. The van der Waals surface area contributed by atoms with Crippen molar-refractivity contribution in [3.63, 3.8) is 0 Å². The molecule has 3 rings (SSSR count). The molecule has 0 fully saturated rings. The van der Waals surface area contributed by atoms with Crippen molar-refractivity contribution in [2.45, 2.75) is 45.6 Å². The number of nitrogens with one attached hydrogen (secondary N) is 2. The van der Waals surface area contributed by atoms with E-state index in [1.807, 2.05) is 19.9 Å². The quantitative estimate of drug-likeness (QED) is 0.813. The summed E-state index contributed by atoms with van der Waals surface area (Å²) in [6.07, 6.45) is 3.39. The molecule has 3 N–H and O–H groups in total. The van der Waals surface area contributed by atoms with Crippen LogP contribution in [0.4, 0.5) is 0 Å². The van der Waals surface area contributed by atoms with Crippen LogP contribution in [0.5, 0.6) is 5.75 Å². The van der Waals surface area contributed by atoms with E-state index in [1.54, 1.807) is 12.1 Å². The number of hydrogen-bond donors (Lipinski definition) is 3. The van der Waals surface area contributed by atoms with Crippen LogP contribution >= 0.6 is 0 Å². The van der Waals surface area contributed by atoms with Crippen LogP contribution in [0.25, 0.3) is 0 Å². The lowest BCUT2D eigenvalue weighted by atomic mass is 9.92. The molecule has 1 aliphatic carbocycles. The summed E-state index contributed by atoms with van der Waals surface area (Å²) in [7, 11) is 0. The summed E-state index contributed by atoms with van der Waals surface area (Å²) in [4.78, 5) is 12.4. The predicted octanol–water partition coefficient (Wildman–Crippen LogP) is 2.27. The Bertz CT molecular complexity index is 706. The van der Waals surface area contributed by atoms with Crippen LogP contribution < -0.4 is 5.32 Å². The molecule has 2 aromatic rings. The molecule has 1 amide bonds. The number of phenols is 1. The van der Waals surface area contributed by atoms with Gasteiger partial charge in [-0.3, -0.25) is 9.89 Å². The maximum atomic E-state index is 12.4. The van der Waals surface area contributed by atoms with Crippen molar-refractivity contribution in [3.05, 3.63) is 46.3 Å². The summed E-state index contributed by atoms with van der Waals surface area (Å²) < 4.78 is 0. The van der Waals surface area contributed by atoms with E-state index in [0.717, 1.165) is 42.6 Å². The molecule has 0 radical (unpaired) electrons. The van der Waals surface area contributed by atoms with Crippen molar-refractivity contribution < 1.29 is 9.90 Å². The van der Waals surface area contributed by atoms with Crippen molar-refractivity contribution in [3.8, 4) is 5.75 Å². The molecule has 1 aromatic heterocycles. The number of aromatic hydroxyl groups is 1. The first-order valence-electron chi connectivity index (χ1n) is 7.74. The highest BCUT2D eigenvalue weighted by molar-refractivity contribution is 5.97. The van der Waals surface area contributed by atoms with Gasteiger partial charge in [-0.05, 0) is 49.4 Å². The van der Waals surface area contributed by atoms with Gasteiger partial charge >= 0.3 is 0 Å². The fourth-order valence-electron chi connectivity index (χ4n) is 3.03. The van der Waals surface area contributed by atoms with Crippen LogP contribution in [-0.4, -0.2) is 27.3 Å². The first-order chi connectivity index (χ1) is 10.6. The molecule has 0 saturated heterocycles. The van der Waals surface area contributed by atoms with Crippen molar-refractivity contribution in [1.29, 1.82) is 0 Å². The van der Waals surface area contributed by atoms with Crippen LogP contribution in [0.15, 0.2) is 18.2 Å². The second-order valence-corrected chi connectivity index (χ2v) is 5.89. The van der Waals surface area contributed by atoms with Gasteiger partial charge in [-0.1, -0.05) is 13.0 Å². The minimum atomic E-state index is -0.214. The fourth-order valence-corrected chi connectivity index (χ4v) is 3.03. The normalized spacial score (nSPS) is 17.1. The Balaban J connectivity index is 1.73. The first kappa shape index (κ1) is 14.6. The highest BCUT2D eigenvalue weighted by atomic mass is 16.3. The Labute approximate surface area is 129 Å². The minimum Gasteiger partial charge on any atom is -0.507 e. The number of aryl methyl sites for hydroxylation is 2. The van der Waals surface area contributed by atoms with E-state index in [-0.39, 0.29) is 17.7 Å². The number of carbonyl (C=O) groups excluding carboxylic acids is 1. The molecule has 1 heterocycles.